The van der Waals surface area contributed by atoms with Gasteiger partial charge in [-0.1, -0.05) is 15.9 Å². The number of aryl methyl sites for hydroxylation is 1. The van der Waals surface area contributed by atoms with Crippen molar-refractivity contribution in [1.29, 1.82) is 0 Å². The van der Waals surface area contributed by atoms with Gasteiger partial charge in [0, 0.05) is 16.3 Å². The van der Waals surface area contributed by atoms with Crippen LogP contribution in [0.5, 0.6) is 0 Å². The largest absolute Gasteiger partial charge is 0.293 e. The van der Waals surface area contributed by atoms with E-state index in [0.29, 0.717) is 5.56 Å². The topological polar surface area (TPSA) is 51.2 Å². The van der Waals surface area contributed by atoms with Gasteiger partial charge >= 0.3 is 0 Å². The van der Waals surface area contributed by atoms with Gasteiger partial charge in [-0.05, 0) is 30.7 Å². The first-order valence-electron chi connectivity index (χ1n) is 4.26. The molecule has 5 heteroatoms. The molecule has 0 amide bonds. The first-order chi connectivity index (χ1) is 6.79. The number of benzene rings is 1. The van der Waals surface area contributed by atoms with E-state index in [1.807, 2.05) is 0 Å². The third-order valence-corrected chi connectivity index (χ3v) is 3.16. The Morgan fingerprint density at radius 3 is 2.47 bits per heavy atom. The van der Waals surface area contributed by atoms with Crippen molar-refractivity contribution in [2.24, 2.45) is 0 Å². The smallest absolute Gasteiger partial charge is 0.178 e. The maximum Gasteiger partial charge on any atom is 0.178 e. The Morgan fingerprint density at radius 1 is 1.40 bits per heavy atom. The van der Waals surface area contributed by atoms with E-state index in [-0.39, 0.29) is 5.78 Å². The molecule has 0 aliphatic rings. The van der Waals surface area contributed by atoms with E-state index in [2.05, 4.69) is 15.9 Å². The SMILES string of the molecule is Cc1cc(Br)ccc1C(=O)CS(C)(=O)=O. The van der Waals surface area contributed by atoms with Crippen molar-refractivity contribution in [2.75, 3.05) is 12.0 Å². The van der Waals surface area contributed by atoms with Crippen LogP contribution in [0.4, 0.5) is 0 Å². The van der Waals surface area contributed by atoms with Crippen LogP contribution in [-0.2, 0) is 9.84 Å². The Kier molecular flexibility index (Phi) is 3.67. The minimum Gasteiger partial charge on any atom is -0.293 e. The quantitative estimate of drug-likeness (QED) is 0.800. The van der Waals surface area contributed by atoms with Gasteiger partial charge in [0.1, 0.15) is 5.75 Å². The number of hydrogen-bond donors (Lipinski definition) is 0. The number of rotatable bonds is 3. The molecule has 0 aliphatic carbocycles. The molecule has 3 nitrogen and oxygen atoms in total. The molecule has 0 aliphatic heterocycles. The highest BCUT2D eigenvalue weighted by atomic mass is 79.9. The molecule has 0 unspecified atom stereocenters. The number of halogens is 1. The van der Waals surface area contributed by atoms with Crippen LogP contribution in [0.3, 0.4) is 0 Å². The van der Waals surface area contributed by atoms with Crippen molar-refractivity contribution in [3.05, 3.63) is 33.8 Å². The maximum absolute atomic E-state index is 11.6. The summed E-state index contributed by atoms with van der Waals surface area (Å²) in [6, 6.07) is 5.14. The van der Waals surface area contributed by atoms with E-state index in [1.54, 1.807) is 25.1 Å². The second kappa shape index (κ2) is 4.45. The van der Waals surface area contributed by atoms with Gasteiger partial charge in [0.05, 0.1) is 0 Å². The molecular formula is C10H11BrO3S. The van der Waals surface area contributed by atoms with Crippen LogP contribution in [0.15, 0.2) is 22.7 Å². The summed E-state index contributed by atoms with van der Waals surface area (Å²) in [5, 5.41) is 0. The number of sulfone groups is 1. The van der Waals surface area contributed by atoms with Crippen molar-refractivity contribution in [3.63, 3.8) is 0 Å². The standard InChI is InChI=1S/C10H11BrO3S/c1-7-5-8(11)3-4-9(7)10(12)6-15(2,13)14/h3-5H,6H2,1-2H3. The highest BCUT2D eigenvalue weighted by Crippen LogP contribution is 2.16. The maximum atomic E-state index is 11.6. The molecule has 15 heavy (non-hydrogen) atoms. The summed E-state index contributed by atoms with van der Waals surface area (Å²) in [5.41, 5.74) is 1.24. The van der Waals surface area contributed by atoms with Crippen molar-refractivity contribution in [1.82, 2.24) is 0 Å². The number of carbonyl (C=O) groups excluding carboxylic acids is 1. The van der Waals surface area contributed by atoms with E-state index in [1.165, 1.54) is 0 Å². The van der Waals surface area contributed by atoms with Crippen molar-refractivity contribution < 1.29 is 13.2 Å². The zero-order chi connectivity index (χ0) is 11.6. The molecule has 0 saturated heterocycles. The molecule has 0 atom stereocenters. The lowest BCUT2D eigenvalue weighted by Crippen LogP contribution is -2.15. The van der Waals surface area contributed by atoms with E-state index < -0.39 is 15.6 Å². The number of hydrogen-bond acceptors (Lipinski definition) is 3. The second-order valence-electron chi connectivity index (χ2n) is 3.45. The van der Waals surface area contributed by atoms with E-state index in [9.17, 15) is 13.2 Å². The molecule has 0 radical (unpaired) electrons. The molecule has 1 aromatic rings. The minimum absolute atomic E-state index is 0.359. The molecule has 82 valence electrons. The summed E-state index contributed by atoms with van der Waals surface area (Å²) in [5.74, 6) is -0.794. The Morgan fingerprint density at radius 2 is 2.00 bits per heavy atom. The average Bonchev–Trinajstić information content (AvgIpc) is 1.99. The Bertz CT molecular complexity index is 491. The lowest BCUT2D eigenvalue weighted by atomic mass is 10.1. The van der Waals surface area contributed by atoms with Crippen LogP contribution in [0, 0.1) is 6.92 Å². The van der Waals surface area contributed by atoms with Crippen LogP contribution < -0.4 is 0 Å². The van der Waals surface area contributed by atoms with Gasteiger partial charge in [-0.3, -0.25) is 4.79 Å². The van der Waals surface area contributed by atoms with E-state index in [0.717, 1.165) is 16.3 Å². The molecular weight excluding hydrogens is 280 g/mol. The van der Waals surface area contributed by atoms with Gasteiger partial charge in [0.25, 0.3) is 0 Å². The van der Waals surface area contributed by atoms with Crippen molar-refractivity contribution >= 4 is 31.6 Å². The normalized spacial score (nSPS) is 11.4. The summed E-state index contributed by atoms with van der Waals surface area (Å²) in [6.07, 6.45) is 1.05. The van der Waals surface area contributed by atoms with E-state index >= 15 is 0 Å². The Labute approximate surface area is 97.5 Å². The molecule has 0 saturated carbocycles. The molecule has 1 aromatic carbocycles. The predicted molar refractivity (Wildman–Crippen MR) is 62.9 cm³/mol. The number of ketones is 1. The number of carbonyl (C=O) groups is 1. The molecule has 1 rings (SSSR count). The van der Waals surface area contributed by atoms with Gasteiger partial charge in [0.15, 0.2) is 15.6 Å². The van der Waals surface area contributed by atoms with Crippen LogP contribution >= 0.6 is 15.9 Å². The highest BCUT2D eigenvalue weighted by Gasteiger charge is 2.14. The summed E-state index contributed by atoms with van der Waals surface area (Å²) in [4.78, 5) is 11.6. The zero-order valence-corrected chi connectivity index (χ0v) is 10.9. The molecule has 0 spiro atoms. The average molecular weight is 291 g/mol. The molecule has 0 bridgehead atoms. The summed E-state index contributed by atoms with van der Waals surface area (Å²) in [7, 11) is -3.26. The predicted octanol–water partition coefficient (Wildman–Crippen LogP) is 1.98. The van der Waals surface area contributed by atoms with E-state index in [4.69, 9.17) is 0 Å². The van der Waals surface area contributed by atoms with Crippen LogP contribution in [0.2, 0.25) is 0 Å². The summed E-state index contributed by atoms with van der Waals surface area (Å²) in [6.45, 7) is 1.78. The van der Waals surface area contributed by atoms with Crippen molar-refractivity contribution in [2.45, 2.75) is 6.92 Å². The van der Waals surface area contributed by atoms with Crippen LogP contribution in [0.1, 0.15) is 15.9 Å². The van der Waals surface area contributed by atoms with Gasteiger partial charge in [-0.2, -0.15) is 0 Å². The molecule has 0 N–H and O–H groups in total. The van der Waals surface area contributed by atoms with Crippen LogP contribution in [0.25, 0.3) is 0 Å². The fourth-order valence-corrected chi connectivity index (χ4v) is 2.36. The van der Waals surface area contributed by atoms with Gasteiger partial charge in [-0.25, -0.2) is 8.42 Å². The molecule has 0 heterocycles. The van der Waals surface area contributed by atoms with Crippen LogP contribution in [-0.4, -0.2) is 26.2 Å². The Hall–Kier alpha value is -0.680. The monoisotopic (exact) mass is 290 g/mol. The summed E-state index contributed by atoms with van der Waals surface area (Å²) >= 11 is 3.28. The van der Waals surface area contributed by atoms with Gasteiger partial charge < -0.3 is 0 Å². The molecule has 0 fully saturated rings. The van der Waals surface area contributed by atoms with Gasteiger partial charge in [0.2, 0.25) is 0 Å². The fraction of sp³-hybridized carbons (Fsp3) is 0.300. The minimum atomic E-state index is -3.26. The Balaban J connectivity index is 3.02. The zero-order valence-electron chi connectivity index (χ0n) is 8.45. The second-order valence-corrected chi connectivity index (χ2v) is 6.51. The first kappa shape index (κ1) is 12.4. The fourth-order valence-electron chi connectivity index (χ4n) is 1.26. The lowest BCUT2D eigenvalue weighted by Gasteiger charge is -2.04. The molecule has 0 aromatic heterocycles. The third kappa shape index (κ3) is 3.76. The highest BCUT2D eigenvalue weighted by molar-refractivity contribution is 9.10. The lowest BCUT2D eigenvalue weighted by molar-refractivity contribution is 0.102. The number of Topliss-reactive ketones (excluding diaryl/α,β-unsaturated/α-hetero) is 1. The van der Waals surface area contributed by atoms with Gasteiger partial charge in [-0.15, -0.1) is 0 Å². The summed E-state index contributed by atoms with van der Waals surface area (Å²) < 4.78 is 22.8. The van der Waals surface area contributed by atoms with Crippen molar-refractivity contribution in [3.8, 4) is 0 Å². The third-order valence-electron chi connectivity index (χ3n) is 1.88. The first-order valence-corrected chi connectivity index (χ1v) is 7.12.